The van der Waals surface area contributed by atoms with E-state index in [1.165, 1.54) is 84.4 Å². The Balaban J connectivity index is 1.26. The summed E-state index contributed by atoms with van der Waals surface area (Å²) in [7, 11) is 0. The molecule has 39 heavy (non-hydrogen) atoms. The predicted octanol–water partition coefficient (Wildman–Crippen LogP) is 11.4. The summed E-state index contributed by atoms with van der Waals surface area (Å²) in [6, 6.07) is 44.6. The Hall–Kier alpha value is -4.44. The number of hydrogen-bond acceptors (Lipinski definition) is 2. The van der Waals surface area contributed by atoms with Crippen molar-refractivity contribution >= 4 is 84.8 Å². The number of aromatic amines is 1. The summed E-state index contributed by atoms with van der Waals surface area (Å²) in [5.74, 6) is 0. The van der Waals surface area contributed by atoms with Crippen molar-refractivity contribution in [1.82, 2.24) is 4.98 Å². The molecule has 9 aromatic rings. The zero-order chi connectivity index (χ0) is 25.5. The van der Waals surface area contributed by atoms with Crippen LogP contribution in [-0.2, 0) is 0 Å². The second-order valence-corrected chi connectivity index (χ2v) is 12.3. The first-order valence-electron chi connectivity index (χ1n) is 13.2. The van der Waals surface area contributed by atoms with Gasteiger partial charge in [0.1, 0.15) is 0 Å². The van der Waals surface area contributed by atoms with Gasteiger partial charge in [-0.2, -0.15) is 0 Å². The minimum atomic E-state index is 1.18. The number of nitrogens with one attached hydrogen (secondary N) is 1. The van der Waals surface area contributed by atoms with Crippen molar-refractivity contribution in [1.29, 1.82) is 0 Å². The molecule has 3 heterocycles. The summed E-state index contributed by atoms with van der Waals surface area (Å²) in [6.45, 7) is 0. The third-order valence-corrected chi connectivity index (χ3v) is 10.5. The van der Waals surface area contributed by atoms with Crippen molar-refractivity contribution in [3.63, 3.8) is 0 Å². The van der Waals surface area contributed by atoms with Gasteiger partial charge in [-0.3, -0.25) is 0 Å². The van der Waals surface area contributed by atoms with Crippen LogP contribution in [0.25, 0.3) is 84.4 Å². The van der Waals surface area contributed by atoms with Gasteiger partial charge in [0.2, 0.25) is 0 Å². The molecule has 1 N–H and O–H groups in total. The minimum Gasteiger partial charge on any atom is -0.355 e. The molecule has 0 aliphatic heterocycles. The average molecular weight is 532 g/mol. The predicted molar refractivity (Wildman–Crippen MR) is 172 cm³/mol. The topological polar surface area (TPSA) is 15.8 Å². The Kier molecular flexibility index (Phi) is 4.43. The van der Waals surface area contributed by atoms with Crippen LogP contribution >= 0.6 is 22.7 Å². The fourth-order valence-electron chi connectivity index (χ4n) is 6.18. The monoisotopic (exact) mass is 531 g/mol. The summed E-state index contributed by atoms with van der Waals surface area (Å²) in [5, 5.41) is 7.90. The largest absolute Gasteiger partial charge is 0.355 e. The molecule has 0 aliphatic carbocycles. The lowest BCUT2D eigenvalue weighted by molar-refractivity contribution is 1.54. The van der Waals surface area contributed by atoms with Gasteiger partial charge >= 0.3 is 0 Å². The summed E-state index contributed by atoms with van der Waals surface area (Å²) < 4.78 is 5.39. The van der Waals surface area contributed by atoms with E-state index in [9.17, 15) is 0 Å². The first-order chi connectivity index (χ1) is 19.3. The minimum absolute atomic E-state index is 1.18. The van der Waals surface area contributed by atoms with E-state index in [0.29, 0.717) is 0 Å². The lowest BCUT2D eigenvalue weighted by atomic mass is 9.98. The number of thiophene rings is 2. The van der Waals surface area contributed by atoms with Gasteiger partial charge in [-0.05, 0) is 58.7 Å². The molecular weight excluding hydrogens is 511 g/mol. The van der Waals surface area contributed by atoms with Gasteiger partial charge in [-0.15, -0.1) is 22.7 Å². The van der Waals surface area contributed by atoms with Crippen molar-refractivity contribution in [2.75, 3.05) is 0 Å². The van der Waals surface area contributed by atoms with E-state index in [4.69, 9.17) is 0 Å². The molecule has 3 aromatic heterocycles. The van der Waals surface area contributed by atoms with E-state index in [2.05, 4.69) is 126 Å². The first-order valence-corrected chi connectivity index (χ1v) is 14.8. The van der Waals surface area contributed by atoms with Crippen LogP contribution in [0.1, 0.15) is 0 Å². The lowest BCUT2D eigenvalue weighted by Gasteiger charge is -2.06. The molecule has 0 bridgehead atoms. The van der Waals surface area contributed by atoms with Crippen LogP contribution in [0.15, 0.2) is 121 Å². The zero-order valence-corrected chi connectivity index (χ0v) is 22.5. The summed E-state index contributed by atoms with van der Waals surface area (Å²) in [6.07, 6.45) is 0. The van der Waals surface area contributed by atoms with E-state index < -0.39 is 0 Å². The van der Waals surface area contributed by atoms with E-state index in [-0.39, 0.29) is 0 Å². The maximum atomic E-state index is 3.66. The van der Waals surface area contributed by atoms with Gasteiger partial charge in [0, 0.05) is 62.2 Å². The average Bonchev–Trinajstić information content (AvgIpc) is 3.67. The molecule has 0 unspecified atom stereocenters. The molecule has 6 aromatic carbocycles. The van der Waals surface area contributed by atoms with Gasteiger partial charge in [0.25, 0.3) is 0 Å². The molecule has 3 heteroatoms. The van der Waals surface area contributed by atoms with E-state index >= 15 is 0 Å². The molecule has 182 valence electrons. The van der Waals surface area contributed by atoms with Gasteiger partial charge in [-0.1, -0.05) is 84.9 Å². The number of aromatic nitrogens is 1. The smallest absolute Gasteiger partial charge is 0.0465 e. The highest BCUT2D eigenvalue weighted by molar-refractivity contribution is 7.26. The SMILES string of the molecule is c1ccc2c(c1)sc1c(-c3ccc4[nH]c5ccc(-c6cccc7c6sc6ccccc67)cc5c4c3)cccc12. The van der Waals surface area contributed by atoms with E-state index in [1.54, 1.807) is 0 Å². The number of fused-ring (bicyclic) bond motifs is 9. The maximum absolute atomic E-state index is 3.66. The Morgan fingerprint density at radius 3 is 1.36 bits per heavy atom. The van der Waals surface area contributed by atoms with Crippen LogP contribution in [0.2, 0.25) is 0 Å². The molecule has 0 atom stereocenters. The summed E-state index contributed by atoms with van der Waals surface area (Å²) in [5.41, 5.74) is 7.48. The Morgan fingerprint density at radius 2 is 0.846 bits per heavy atom. The molecule has 0 saturated carbocycles. The normalized spacial score (nSPS) is 12.1. The zero-order valence-electron chi connectivity index (χ0n) is 20.9. The fourth-order valence-corrected chi connectivity index (χ4v) is 8.66. The quantitative estimate of drug-likeness (QED) is 0.228. The van der Waals surface area contributed by atoms with Crippen molar-refractivity contribution in [3.05, 3.63) is 121 Å². The molecule has 0 spiro atoms. The Labute approximate surface area is 232 Å². The highest BCUT2D eigenvalue weighted by atomic mass is 32.1. The number of H-pyrrole nitrogens is 1. The van der Waals surface area contributed by atoms with Crippen LogP contribution in [0.3, 0.4) is 0 Å². The van der Waals surface area contributed by atoms with E-state index in [1.807, 2.05) is 22.7 Å². The molecule has 9 rings (SSSR count). The van der Waals surface area contributed by atoms with Gasteiger partial charge in [0.05, 0.1) is 0 Å². The van der Waals surface area contributed by atoms with Crippen LogP contribution < -0.4 is 0 Å². The fraction of sp³-hybridized carbons (Fsp3) is 0. The molecule has 0 fully saturated rings. The number of rotatable bonds is 2. The van der Waals surface area contributed by atoms with Crippen molar-refractivity contribution < 1.29 is 0 Å². The summed E-state index contributed by atoms with van der Waals surface area (Å²) >= 11 is 3.78. The van der Waals surface area contributed by atoms with Crippen LogP contribution in [0.5, 0.6) is 0 Å². The molecule has 0 amide bonds. The van der Waals surface area contributed by atoms with Crippen LogP contribution in [-0.4, -0.2) is 4.98 Å². The van der Waals surface area contributed by atoms with Crippen molar-refractivity contribution in [3.8, 4) is 22.3 Å². The highest BCUT2D eigenvalue weighted by Gasteiger charge is 2.14. The van der Waals surface area contributed by atoms with Crippen LogP contribution in [0.4, 0.5) is 0 Å². The highest BCUT2D eigenvalue weighted by Crippen LogP contribution is 2.43. The van der Waals surface area contributed by atoms with Crippen LogP contribution in [0, 0.1) is 0 Å². The maximum Gasteiger partial charge on any atom is 0.0465 e. The van der Waals surface area contributed by atoms with Crippen molar-refractivity contribution in [2.24, 2.45) is 0 Å². The molecular formula is C36H21NS2. The third kappa shape index (κ3) is 3.12. The Bertz CT molecular complexity index is 2230. The second-order valence-electron chi connectivity index (χ2n) is 10.2. The third-order valence-electron chi connectivity index (χ3n) is 8.03. The van der Waals surface area contributed by atoms with Gasteiger partial charge in [0.15, 0.2) is 0 Å². The first kappa shape index (κ1) is 21.5. The van der Waals surface area contributed by atoms with Gasteiger partial charge < -0.3 is 4.98 Å². The van der Waals surface area contributed by atoms with Crippen molar-refractivity contribution in [2.45, 2.75) is 0 Å². The number of hydrogen-bond donors (Lipinski definition) is 1. The number of benzene rings is 6. The Morgan fingerprint density at radius 1 is 0.385 bits per heavy atom. The standard InChI is InChI=1S/C36H21NS2/c1-3-13-33-25(7-1)27-11-5-9-23(35(27)38-33)21-15-17-31-29(19-21)30-20-22(16-18-32(30)37-31)24-10-6-12-28-26-8-2-4-14-34(26)39-36(24)28/h1-20,37H. The molecule has 0 aliphatic rings. The summed E-state index contributed by atoms with van der Waals surface area (Å²) in [4.78, 5) is 3.66. The molecule has 1 nitrogen and oxygen atoms in total. The second kappa shape index (κ2) is 8.03. The lowest BCUT2D eigenvalue weighted by Crippen LogP contribution is -1.80. The molecule has 0 radical (unpaired) electrons. The van der Waals surface area contributed by atoms with E-state index in [0.717, 1.165) is 0 Å². The van der Waals surface area contributed by atoms with Gasteiger partial charge in [-0.25, -0.2) is 0 Å². The molecule has 0 saturated heterocycles.